The first kappa shape index (κ1) is 16.0. The second-order valence-corrected chi connectivity index (χ2v) is 5.43. The third kappa shape index (κ3) is 4.60. The van der Waals surface area contributed by atoms with Gasteiger partial charge in [-0.05, 0) is 37.3 Å². The quantitative estimate of drug-likeness (QED) is 0.634. The van der Waals surface area contributed by atoms with E-state index < -0.39 is 6.10 Å². The molecule has 0 heterocycles. The highest BCUT2D eigenvalue weighted by Crippen LogP contribution is 2.19. The van der Waals surface area contributed by atoms with Crippen molar-refractivity contribution in [1.29, 1.82) is 0 Å². The normalized spacial score (nSPS) is 12.1. The van der Waals surface area contributed by atoms with Crippen molar-refractivity contribution in [2.45, 2.75) is 13.0 Å². The number of hydrazone groups is 1. The van der Waals surface area contributed by atoms with Crippen molar-refractivity contribution < 1.29 is 14.6 Å². The van der Waals surface area contributed by atoms with Gasteiger partial charge in [0.2, 0.25) is 0 Å². The molecular weight excluding hydrogens is 348 g/mol. The molecule has 0 radical (unpaired) electrons. The van der Waals surface area contributed by atoms with E-state index in [4.69, 9.17) is 4.74 Å². The Hall–Kier alpha value is -2.34. The lowest BCUT2D eigenvalue weighted by atomic mass is 10.2. The Balaban J connectivity index is 1.91. The zero-order valence-corrected chi connectivity index (χ0v) is 13.4. The van der Waals surface area contributed by atoms with Crippen LogP contribution in [-0.2, 0) is 4.79 Å². The fraction of sp³-hybridized carbons (Fsp3) is 0.125. The molecule has 22 heavy (non-hydrogen) atoms. The van der Waals surface area contributed by atoms with Crippen LogP contribution in [0.3, 0.4) is 0 Å². The van der Waals surface area contributed by atoms with Gasteiger partial charge in [0.25, 0.3) is 5.91 Å². The molecule has 0 saturated heterocycles. The number of phenols is 1. The molecule has 1 unspecified atom stereocenters. The number of ether oxygens (including phenoxy) is 1. The first-order chi connectivity index (χ1) is 10.6. The van der Waals surface area contributed by atoms with Crippen molar-refractivity contribution in [1.82, 2.24) is 5.43 Å². The highest BCUT2D eigenvalue weighted by molar-refractivity contribution is 9.10. The number of phenolic OH excluding ortho intramolecular Hbond substituents is 1. The van der Waals surface area contributed by atoms with Crippen LogP contribution >= 0.6 is 15.9 Å². The van der Waals surface area contributed by atoms with Gasteiger partial charge < -0.3 is 9.84 Å². The molecule has 0 aromatic heterocycles. The summed E-state index contributed by atoms with van der Waals surface area (Å²) in [7, 11) is 0. The number of benzene rings is 2. The number of halogens is 1. The molecule has 0 fully saturated rings. The average molecular weight is 363 g/mol. The monoisotopic (exact) mass is 362 g/mol. The van der Waals surface area contributed by atoms with Crippen LogP contribution in [0.1, 0.15) is 12.5 Å². The van der Waals surface area contributed by atoms with E-state index in [9.17, 15) is 9.90 Å². The van der Waals surface area contributed by atoms with Gasteiger partial charge in [-0.15, -0.1) is 0 Å². The zero-order chi connectivity index (χ0) is 15.9. The highest BCUT2D eigenvalue weighted by Gasteiger charge is 2.13. The number of para-hydroxylation sites is 1. The molecule has 0 aliphatic rings. The number of carbonyl (C=O) groups is 1. The van der Waals surface area contributed by atoms with Crippen LogP contribution in [-0.4, -0.2) is 23.3 Å². The summed E-state index contributed by atoms with van der Waals surface area (Å²) in [6.07, 6.45) is 0.684. The van der Waals surface area contributed by atoms with Gasteiger partial charge in [0.05, 0.1) is 6.21 Å². The summed E-state index contributed by atoms with van der Waals surface area (Å²) in [6, 6.07) is 14.0. The summed E-state index contributed by atoms with van der Waals surface area (Å²) in [4.78, 5) is 11.9. The zero-order valence-electron chi connectivity index (χ0n) is 11.9. The Morgan fingerprint density at radius 2 is 2.05 bits per heavy atom. The van der Waals surface area contributed by atoms with Crippen LogP contribution in [0.25, 0.3) is 0 Å². The first-order valence-corrected chi connectivity index (χ1v) is 7.38. The SMILES string of the molecule is CC(Oc1ccccc1)C(=O)N/N=C/c1cc(Br)ccc1O. The van der Waals surface area contributed by atoms with Crippen molar-refractivity contribution in [2.75, 3.05) is 0 Å². The van der Waals surface area contributed by atoms with Gasteiger partial charge in [-0.3, -0.25) is 4.79 Å². The van der Waals surface area contributed by atoms with Crippen LogP contribution < -0.4 is 10.2 Å². The molecule has 0 saturated carbocycles. The maximum atomic E-state index is 11.9. The average Bonchev–Trinajstić information content (AvgIpc) is 2.51. The summed E-state index contributed by atoms with van der Waals surface area (Å²) in [5, 5.41) is 13.5. The summed E-state index contributed by atoms with van der Waals surface area (Å²) < 4.78 is 6.28. The second-order valence-electron chi connectivity index (χ2n) is 4.51. The Bertz CT molecular complexity index is 674. The van der Waals surface area contributed by atoms with E-state index in [2.05, 4.69) is 26.5 Å². The lowest BCUT2D eigenvalue weighted by molar-refractivity contribution is -0.127. The fourth-order valence-corrected chi connectivity index (χ4v) is 2.02. The van der Waals surface area contributed by atoms with Gasteiger partial charge in [-0.25, -0.2) is 5.43 Å². The number of nitrogens with zero attached hydrogens (tertiary/aromatic N) is 1. The van der Waals surface area contributed by atoms with E-state index >= 15 is 0 Å². The lowest BCUT2D eigenvalue weighted by Gasteiger charge is -2.12. The molecule has 0 spiro atoms. The minimum Gasteiger partial charge on any atom is -0.507 e. The highest BCUT2D eigenvalue weighted by atomic mass is 79.9. The topological polar surface area (TPSA) is 70.9 Å². The molecule has 2 aromatic carbocycles. The van der Waals surface area contributed by atoms with Crippen LogP contribution in [0.4, 0.5) is 0 Å². The van der Waals surface area contributed by atoms with E-state index in [0.29, 0.717) is 11.3 Å². The van der Waals surface area contributed by atoms with E-state index in [-0.39, 0.29) is 11.7 Å². The smallest absolute Gasteiger partial charge is 0.280 e. The van der Waals surface area contributed by atoms with Gasteiger partial charge in [0.15, 0.2) is 6.10 Å². The number of hydrogen-bond donors (Lipinski definition) is 2. The molecule has 5 nitrogen and oxygen atoms in total. The molecule has 6 heteroatoms. The third-order valence-electron chi connectivity index (χ3n) is 2.79. The summed E-state index contributed by atoms with van der Waals surface area (Å²) >= 11 is 3.30. The molecule has 0 aliphatic carbocycles. The molecule has 1 amide bonds. The van der Waals surface area contributed by atoms with Gasteiger partial charge in [-0.2, -0.15) is 5.10 Å². The predicted octanol–water partition coefficient (Wildman–Crippen LogP) is 3.07. The maximum Gasteiger partial charge on any atom is 0.280 e. The van der Waals surface area contributed by atoms with Crippen molar-refractivity contribution in [2.24, 2.45) is 5.10 Å². The van der Waals surface area contributed by atoms with E-state index in [0.717, 1.165) is 4.47 Å². The predicted molar refractivity (Wildman–Crippen MR) is 88.1 cm³/mol. The number of rotatable bonds is 5. The van der Waals surface area contributed by atoms with Gasteiger partial charge in [-0.1, -0.05) is 34.1 Å². The fourth-order valence-electron chi connectivity index (χ4n) is 1.64. The van der Waals surface area contributed by atoms with Gasteiger partial charge >= 0.3 is 0 Å². The van der Waals surface area contributed by atoms with Crippen LogP contribution in [0, 0.1) is 0 Å². The molecule has 0 aliphatic heterocycles. The van der Waals surface area contributed by atoms with Crippen LogP contribution in [0.2, 0.25) is 0 Å². The molecular formula is C16H15BrN2O3. The Morgan fingerprint density at radius 3 is 2.77 bits per heavy atom. The second kappa shape index (κ2) is 7.61. The van der Waals surface area contributed by atoms with Crippen molar-refractivity contribution in [3.05, 3.63) is 58.6 Å². The number of nitrogens with one attached hydrogen (secondary N) is 1. The summed E-state index contributed by atoms with van der Waals surface area (Å²) in [6.45, 7) is 1.63. The third-order valence-corrected chi connectivity index (χ3v) is 3.29. The number of hydrogen-bond acceptors (Lipinski definition) is 4. The van der Waals surface area contributed by atoms with Crippen LogP contribution in [0.5, 0.6) is 11.5 Å². The van der Waals surface area contributed by atoms with E-state index in [1.54, 1.807) is 31.2 Å². The van der Waals surface area contributed by atoms with Crippen molar-refractivity contribution >= 4 is 28.1 Å². The first-order valence-electron chi connectivity index (χ1n) is 6.59. The minimum absolute atomic E-state index is 0.0785. The standard InChI is InChI=1S/C16H15BrN2O3/c1-11(22-14-5-3-2-4-6-14)16(21)19-18-10-12-9-13(17)7-8-15(12)20/h2-11,20H,1H3,(H,19,21)/b18-10+. The minimum atomic E-state index is -0.685. The van der Waals surface area contributed by atoms with Crippen molar-refractivity contribution in [3.8, 4) is 11.5 Å². The van der Waals surface area contributed by atoms with Gasteiger partial charge in [0.1, 0.15) is 11.5 Å². The molecule has 2 aromatic rings. The van der Waals surface area contributed by atoms with E-state index in [1.807, 2.05) is 18.2 Å². The Labute approximate surface area is 136 Å². The lowest BCUT2D eigenvalue weighted by Crippen LogP contribution is -2.33. The van der Waals surface area contributed by atoms with E-state index in [1.165, 1.54) is 12.3 Å². The Kier molecular flexibility index (Phi) is 5.55. The maximum absolute atomic E-state index is 11.9. The molecule has 2 rings (SSSR count). The van der Waals surface area contributed by atoms with Crippen LogP contribution in [0.15, 0.2) is 58.1 Å². The Morgan fingerprint density at radius 1 is 1.32 bits per heavy atom. The molecule has 2 N–H and O–H groups in total. The van der Waals surface area contributed by atoms with Crippen molar-refractivity contribution in [3.63, 3.8) is 0 Å². The number of carbonyl (C=O) groups excluding carboxylic acids is 1. The summed E-state index contributed by atoms with van der Waals surface area (Å²) in [5.41, 5.74) is 2.87. The number of amides is 1. The van der Waals surface area contributed by atoms with Gasteiger partial charge in [0, 0.05) is 10.0 Å². The molecule has 1 atom stereocenters. The number of aromatic hydroxyl groups is 1. The summed E-state index contributed by atoms with van der Waals surface area (Å²) in [5.74, 6) is 0.308. The largest absolute Gasteiger partial charge is 0.507 e. The molecule has 0 bridgehead atoms. The molecule has 114 valence electrons.